The number of ether oxygens (including phenoxy) is 1. The lowest BCUT2D eigenvalue weighted by Gasteiger charge is -2.28. The van der Waals surface area contributed by atoms with E-state index in [4.69, 9.17) is 18.0 Å². The van der Waals surface area contributed by atoms with Gasteiger partial charge in [-0.25, -0.2) is 24.8 Å². The minimum absolute atomic E-state index is 0.0125. The van der Waals surface area contributed by atoms with Gasteiger partial charge in [-0.2, -0.15) is 0 Å². The molecular weight excluding hydrogens is 867 g/mol. The molecule has 0 aromatic heterocycles. The summed E-state index contributed by atoms with van der Waals surface area (Å²) in [6.07, 6.45) is 5.98. The Morgan fingerprint density at radius 3 is 1.25 bits per heavy atom. The number of rotatable bonds is 23. The summed E-state index contributed by atoms with van der Waals surface area (Å²) in [6.45, 7) is 16.8. The first-order valence-electron chi connectivity index (χ1n) is 21.2. The molecule has 4 aliphatic heterocycles. The van der Waals surface area contributed by atoms with E-state index >= 15 is 0 Å². The lowest BCUT2D eigenvalue weighted by Crippen LogP contribution is -2.46. The molecule has 0 spiro atoms. The summed E-state index contributed by atoms with van der Waals surface area (Å²) in [5.74, 6) is -1.66. The number of carbonyl (C=O) groups is 5. The lowest BCUT2D eigenvalue weighted by atomic mass is 10.3. The van der Waals surface area contributed by atoms with Gasteiger partial charge in [0.05, 0.1) is 28.1 Å². The molecule has 332 valence electrons. The molecule has 2 saturated heterocycles. The van der Waals surface area contributed by atoms with Crippen LogP contribution in [0.1, 0.15) is 106 Å². The normalized spacial score (nSPS) is 16.7. The highest BCUT2D eigenvalue weighted by molar-refractivity contribution is 8.26. The molecule has 1 aromatic rings. The van der Waals surface area contributed by atoms with Gasteiger partial charge in [0.25, 0.3) is 23.6 Å². The third kappa shape index (κ3) is 10.3. The summed E-state index contributed by atoms with van der Waals surface area (Å²) in [5.41, 5.74) is 0.0250. The Balaban J connectivity index is 1.51. The largest absolute Gasteiger partial charge is 0.505 e. The van der Waals surface area contributed by atoms with E-state index in [0.717, 1.165) is 98.4 Å². The van der Waals surface area contributed by atoms with E-state index in [1.807, 2.05) is 48.5 Å². The predicted octanol–water partition coefficient (Wildman–Crippen LogP) is 8.11. The van der Waals surface area contributed by atoms with Gasteiger partial charge in [-0.05, 0) is 52.9 Å². The number of aromatic hydroxyl groups is 1. The van der Waals surface area contributed by atoms with Gasteiger partial charge in [0.1, 0.15) is 16.9 Å². The van der Waals surface area contributed by atoms with Gasteiger partial charge in [-0.1, -0.05) is 100 Å². The molecule has 2 N–H and O–H groups in total. The van der Waals surface area contributed by atoms with Crippen LogP contribution in [0.5, 0.6) is 11.5 Å². The first-order valence-corrected chi connectivity index (χ1v) is 26.4. The zero-order valence-electron chi connectivity index (χ0n) is 35.8. The van der Waals surface area contributed by atoms with E-state index in [2.05, 4.69) is 5.32 Å². The molecule has 0 aliphatic carbocycles. The number of unbranched alkanes of at least 4 members (excludes halogenated alkanes) is 4. The van der Waals surface area contributed by atoms with Crippen LogP contribution in [-0.4, -0.2) is 116 Å². The standard InChI is InChI=1S/C40H59N5O10S4Si/c1-8-15-21-42-34(47)26(35(48)43(42)22-16-9-2)38-56-30-28(46)31-33(59-39(57-31)27-36(49)44(23-17-10-3)45(37(27)50)24-18-11-4)29(32(30)58-38)55-40(51)41-20-19-25-60(52-12-5,53-13-6)54-14-7/h46H,8-25H2,1-7H3,(H,41,51). The molecule has 0 bridgehead atoms. The number of hydrazine groups is 2. The Morgan fingerprint density at radius 2 is 0.917 bits per heavy atom. The molecule has 4 heterocycles. The average molecular weight is 926 g/mol. The fourth-order valence-electron chi connectivity index (χ4n) is 6.94. The highest BCUT2D eigenvalue weighted by atomic mass is 32.2. The van der Waals surface area contributed by atoms with Crippen LogP contribution >= 0.6 is 47.0 Å². The third-order valence-electron chi connectivity index (χ3n) is 9.93. The van der Waals surface area contributed by atoms with Gasteiger partial charge < -0.3 is 28.4 Å². The summed E-state index contributed by atoms with van der Waals surface area (Å²) >= 11 is 4.34. The van der Waals surface area contributed by atoms with E-state index in [0.29, 0.717) is 86.5 Å². The van der Waals surface area contributed by atoms with Crippen LogP contribution in [0.25, 0.3) is 0 Å². The number of benzene rings is 1. The minimum atomic E-state index is -2.96. The number of amides is 5. The van der Waals surface area contributed by atoms with Crippen molar-refractivity contribution in [1.82, 2.24) is 25.4 Å². The smallest absolute Gasteiger partial charge is 0.500 e. The number of hydrogen-bond donors (Lipinski definition) is 2. The second-order valence-electron chi connectivity index (χ2n) is 14.3. The lowest BCUT2D eigenvalue weighted by molar-refractivity contribution is -0.147. The zero-order chi connectivity index (χ0) is 43.6. The maximum absolute atomic E-state index is 14.0. The summed E-state index contributed by atoms with van der Waals surface area (Å²) in [4.78, 5) is 70.9. The predicted molar refractivity (Wildman–Crippen MR) is 236 cm³/mol. The molecule has 0 unspecified atom stereocenters. The third-order valence-corrected chi connectivity index (χ3v) is 18.3. The van der Waals surface area contributed by atoms with Crippen LogP contribution in [-0.2, 0) is 32.5 Å². The second kappa shape index (κ2) is 22.5. The first kappa shape index (κ1) is 48.2. The van der Waals surface area contributed by atoms with E-state index in [1.165, 1.54) is 20.0 Å². The molecule has 5 amide bonds. The summed E-state index contributed by atoms with van der Waals surface area (Å²) in [5, 5.41) is 20.8. The molecule has 15 nitrogen and oxygen atoms in total. The molecule has 0 saturated carbocycles. The topological polar surface area (TPSA) is 167 Å². The van der Waals surface area contributed by atoms with Crippen molar-refractivity contribution in [1.29, 1.82) is 0 Å². The number of phenolic OH excluding ortho intramolecular Hbond substituents is 1. The number of carbonyl (C=O) groups excluding carboxylic acids is 5. The SMILES string of the molecule is CCCCN1C(=O)C(=C2Sc3c(O)c4c(c(OC(=O)NCCC[Si](OCC)(OCC)OCC)c3S2)SC(=C2C(=O)N(CCCC)N(CCCC)C2=O)S4)C(=O)N1CCCC. The second-order valence-corrected chi connectivity index (χ2v) is 21.6. The van der Waals surface area contributed by atoms with Crippen LogP contribution in [0.3, 0.4) is 0 Å². The van der Waals surface area contributed by atoms with Crippen molar-refractivity contribution in [3.63, 3.8) is 0 Å². The van der Waals surface area contributed by atoms with Gasteiger partial charge in [0, 0.05) is 58.6 Å². The Hall–Kier alpha value is -2.85. The maximum atomic E-state index is 14.0. The van der Waals surface area contributed by atoms with Gasteiger partial charge in [0.15, 0.2) is 5.75 Å². The Labute approximate surface area is 371 Å². The Morgan fingerprint density at radius 1 is 0.567 bits per heavy atom. The average Bonchev–Trinajstić information content (AvgIpc) is 3.97. The minimum Gasteiger partial charge on any atom is -0.505 e. The molecule has 60 heavy (non-hydrogen) atoms. The Bertz CT molecular complexity index is 1690. The summed E-state index contributed by atoms with van der Waals surface area (Å²) < 4.78 is 24.8. The quantitative estimate of drug-likeness (QED) is 0.0468. The number of nitrogens with zero attached hydrogens (tertiary/aromatic N) is 4. The van der Waals surface area contributed by atoms with Gasteiger partial charge >= 0.3 is 14.9 Å². The van der Waals surface area contributed by atoms with Crippen LogP contribution in [0.4, 0.5) is 4.79 Å². The van der Waals surface area contributed by atoms with E-state index in [9.17, 15) is 29.1 Å². The Kier molecular flexibility index (Phi) is 18.1. The molecule has 0 atom stereocenters. The van der Waals surface area contributed by atoms with Crippen molar-refractivity contribution < 1.29 is 47.1 Å². The summed E-state index contributed by atoms with van der Waals surface area (Å²) in [6, 6.07) is 0.471. The highest BCUT2D eigenvalue weighted by Gasteiger charge is 2.48. The van der Waals surface area contributed by atoms with E-state index in [-0.39, 0.29) is 29.2 Å². The zero-order valence-corrected chi connectivity index (χ0v) is 40.0. The fourth-order valence-corrected chi connectivity index (χ4v) is 15.0. The molecule has 4 aliphatic rings. The monoisotopic (exact) mass is 925 g/mol. The van der Waals surface area contributed by atoms with Crippen LogP contribution in [0.2, 0.25) is 6.04 Å². The van der Waals surface area contributed by atoms with Crippen molar-refractivity contribution in [3.05, 3.63) is 19.6 Å². The molecule has 0 radical (unpaired) electrons. The molecular formula is C40H59N5O10S4Si. The van der Waals surface area contributed by atoms with Gasteiger partial charge in [-0.15, -0.1) is 0 Å². The fraction of sp³-hybridized carbons (Fsp3) is 0.625. The van der Waals surface area contributed by atoms with Crippen LogP contribution < -0.4 is 10.1 Å². The number of hydrogen-bond acceptors (Lipinski definition) is 14. The molecule has 1 aromatic carbocycles. The highest BCUT2D eigenvalue weighted by Crippen LogP contribution is 2.68. The first-order chi connectivity index (χ1) is 29.0. The van der Waals surface area contributed by atoms with E-state index < -0.39 is 38.5 Å². The van der Waals surface area contributed by atoms with Crippen molar-refractivity contribution in [2.45, 2.75) is 132 Å². The van der Waals surface area contributed by atoms with Gasteiger partial charge in [-0.3, -0.25) is 19.2 Å². The number of phenols is 1. The van der Waals surface area contributed by atoms with Gasteiger partial charge in [0.2, 0.25) is 0 Å². The molecule has 20 heteroatoms. The van der Waals surface area contributed by atoms with Crippen molar-refractivity contribution in [2.24, 2.45) is 0 Å². The van der Waals surface area contributed by atoms with Crippen LogP contribution in [0.15, 0.2) is 39.2 Å². The number of fused-ring (bicyclic) bond motifs is 2. The maximum Gasteiger partial charge on any atom is 0.500 e. The van der Waals surface area contributed by atoms with E-state index in [1.54, 1.807) is 0 Å². The number of thioether (sulfide) groups is 4. The molecule has 2 fully saturated rings. The molecule has 5 rings (SSSR count). The van der Waals surface area contributed by atoms with Crippen molar-refractivity contribution >= 4 is 85.6 Å². The van der Waals surface area contributed by atoms with Crippen molar-refractivity contribution in [3.8, 4) is 11.5 Å². The summed E-state index contributed by atoms with van der Waals surface area (Å²) in [7, 11) is -2.96. The van der Waals surface area contributed by atoms with Crippen molar-refractivity contribution in [2.75, 3.05) is 52.5 Å². The number of nitrogens with one attached hydrogen (secondary N) is 1. The van der Waals surface area contributed by atoms with Crippen LogP contribution in [0, 0.1) is 0 Å².